The molecule has 1 aliphatic rings. The van der Waals surface area contributed by atoms with Gasteiger partial charge in [-0.1, -0.05) is 18.2 Å². The summed E-state index contributed by atoms with van der Waals surface area (Å²) in [5.41, 5.74) is 1.07. The first-order valence-electron chi connectivity index (χ1n) is 8.70. The van der Waals surface area contributed by atoms with Crippen molar-refractivity contribution in [3.8, 4) is 5.88 Å². The molecular weight excluding hydrogens is 376 g/mol. The molecule has 28 heavy (non-hydrogen) atoms. The fraction of sp³-hybridized carbons (Fsp3) is 0.200. The van der Waals surface area contributed by atoms with E-state index < -0.39 is 11.2 Å². The lowest BCUT2D eigenvalue weighted by Gasteiger charge is -2.16. The molecule has 8 heteroatoms. The van der Waals surface area contributed by atoms with Crippen LogP contribution in [0.1, 0.15) is 22.8 Å². The Hall–Kier alpha value is -3.13. The van der Waals surface area contributed by atoms with E-state index in [9.17, 15) is 14.7 Å². The van der Waals surface area contributed by atoms with Crippen LogP contribution < -0.4 is 11.2 Å². The Morgan fingerprint density at radius 3 is 2.64 bits per heavy atom. The number of para-hydroxylation sites is 1. The van der Waals surface area contributed by atoms with E-state index in [-0.39, 0.29) is 16.7 Å². The van der Waals surface area contributed by atoms with Crippen molar-refractivity contribution in [1.29, 1.82) is 0 Å². The molecule has 3 heterocycles. The van der Waals surface area contributed by atoms with Crippen LogP contribution in [-0.4, -0.2) is 24.9 Å². The lowest BCUT2D eigenvalue weighted by Crippen LogP contribution is -2.40. The van der Waals surface area contributed by atoms with Crippen molar-refractivity contribution in [1.82, 2.24) is 14.1 Å². The van der Waals surface area contributed by atoms with Crippen LogP contribution >= 0.6 is 11.8 Å². The fourth-order valence-electron chi connectivity index (χ4n) is 3.21. The molecule has 1 aromatic carbocycles. The van der Waals surface area contributed by atoms with Crippen molar-refractivity contribution in [3.05, 3.63) is 80.8 Å². The Balaban J connectivity index is 1.95. The zero-order valence-electron chi connectivity index (χ0n) is 15.4. The van der Waals surface area contributed by atoms with Gasteiger partial charge in [-0.25, -0.2) is 4.79 Å². The molecule has 1 unspecified atom stereocenters. The van der Waals surface area contributed by atoms with E-state index in [1.165, 1.54) is 14.1 Å². The zero-order chi connectivity index (χ0) is 19.8. The van der Waals surface area contributed by atoms with E-state index in [1.807, 2.05) is 36.4 Å². The molecule has 2 aromatic heterocycles. The fourth-order valence-corrected chi connectivity index (χ4v) is 4.42. The molecule has 0 amide bonds. The number of rotatable bonds is 2. The van der Waals surface area contributed by atoms with Gasteiger partial charge in [-0.05, 0) is 23.8 Å². The molecule has 0 aliphatic carbocycles. The van der Waals surface area contributed by atoms with Gasteiger partial charge in [-0.15, -0.1) is 11.8 Å². The number of nitrogens with zero attached hydrogens (tertiary/aromatic N) is 4. The summed E-state index contributed by atoms with van der Waals surface area (Å²) in [5, 5.41) is 10.5. The number of hydrogen-bond acceptors (Lipinski definition) is 6. The van der Waals surface area contributed by atoms with Gasteiger partial charge in [0, 0.05) is 43.1 Å². The van der Waals surface area contributed by atoms with Crippen LogP contribution in [0.25, 0.3) is 0 Å². The van der Waals surface area contributed by atoms with E-state index in [2.05, 4.69) is 4.98 Å². The molecule has 142 valence electrons. The second kappa shape index (κ2) is 7.12. The summed E-state index contributed by atoms with van der Waals surface area (Å²) in [7, 11) is 2.82. The van der Waals surface area contributed by atoms with Gasteiger partial charge in [0.25, 0.3) is 5.56 Å². The van der Waals surface area contributed by atoms with Gasteiger partial charge in [-0.2, -0.15) is 0 Å². The average molecular weight is 394 g/mol. The minimum absolute atomic E-state index is 0.0440. The number of aromatic hydroxyl groups is 1. The van der Waals surface area contributed by atoms with Gasteiger partial charge in [-0.3, -0.25) is 23.9 Å². The van der Waals surface area contributed by atoms with Crippen molar-refractivity contribution in [2.75, 3.05) is 0 Å². The lowest BCUT2D eigenvalue weighted by molar-refractivity contribution is 0.410. The minimum Gasteiger partial charge on any atom is -0.494 e. The smallest absolute Gasteiger partial charge is 0.333 e. The second-order valence-electron chi connectivity index (χ2n) is 6.53. The van der Waals surface area contributed by atoms with Crippen LogP contribution in [0.2, 0.25) is 0 Å². The third-order valence-corrected chi connectivity index (χ3v) is 6.07. The standard InChI is InChI=1S/C20H18N4O3S/c1-23-18(25)17(19(26)24(2)20(23)27)14-10-16(12-6-5-9-21-11-12)28-15-8-4-3-7-13(15)22-14/h3-9,11,16,25H,10H2,1-2H3. The maximum absolute atomic E-state index is 12.8. The summed E-state index contributed by atoms with van der Waals surface area (Å²) in [6, 6.07) is 11.5. The third kappa shape index (κ3) is 3.05. The molecule has 1 aliphatic heterocycles. The van der Waals surface area contributed by atoms with E-state index in [4.69, 9.17) is 4.99 Å². The quantitative estimate of drug-likeness (QED) is 0.721. The highest BCUT2D eigenvalue weighted by Crippen LogP contribution is 2.45. The molecule has 4 rings (SSSR count). The van der Waals surface area contributed by atoms with Gasteiger partial charge in [0.1, 0.15) is 5.56 Å². The largest absolute Gasteiger partial charge is 0.494 e. The molecule has 0 saturated heterocycles. The van der Waals surface area contributed by atoms with Crippen molar-refractivity contribution >= 4 is 23.2 Å². The normalized spacial score (nSPS) is 16.2. The van der Waals surface area contributed by atoms with Crippen molar-refractivity contribution in [3.63, 3.8) is 0 Å². The Bertz CT molecular complexity index is 1200. The SMILES string of the molecule is Cn1c(O)c(C2=Nc3ccccc3SC(c3cccnc3)C2)c(=O)n(C)c1=O. The molecule has 0 radical (unpaired) electrons. The topological polar surface area (TPSA) is 89.5 Å². The van der Waals surface area contributed by atoms with Crippen LogP contribution in [-0.2, 0) is 14.1 Å². The predicted molar refractivity (Wildman–Crippen MR) is 109 cm³/mol. The van der Waals surface area contributed by atoms with Gasteiger partial charge in [0.05, 0.1) is 11.4 Å². The summed E-state index contributed by atoms with van der Waals surface area (Å²) < 4.78 is 2.04. The average Bonchev–Trinajstić information content (AvgIpc) is 2.91. The first-order valence-corrected chi connectivity index (χ1v) is 9.58. The first-order chi connectivity index (χ1) is 13.5. The molecular formula is C20H18N4O3S. The number of aliphatic imine (C=N–C) groups is 1. The lowest BCUT2D eigenvalue weighted by atomic mass is 10.0. The van der Waals surface area contributed by atoms with Crippen LogP contribution in [0.5, 0.6) is 5.88 Å². The molecule has 1 atom stereocenters. The highest BCUT2D eigenvalue weighted by molar-refractivity contribution is 7.99. The Kier molecular flexibility index (Phi) is 4.64. The molecule has 0 fully saturated rings. The molecule has 1 N–H and O–H groups in total. The van der Waals surface area contributed by atoms with Crippen molar-refractivity contribution in [2.45, 2.75) is 16.6 Å². The van der Waals surface area contributed by atoms with E-state index in [0.717, 1.165) is 25.3 Å². The van der Waals surface area contributed by atoms with E-state index in [1.54, 1.807) is 24.2 Å². The van der Waals surface area contributed by atoms with Gasteiger partial charge >= 0.3 is 5.69 Å². The monoisotopic (exact) mass is 394 g/mol. The van der Waals surface area contributed by atoms with Crippen LogP contribution in [0.15, 0.2) is 68.3 Å². The van der Waals surface area contributed by atoms with Crippen LogP contribution in [0.3, 0.4) is 0 Å². The summed E-state index contributed by atoms with van der Waals surface area (Å²) >= 11 is 1.64. The minimum atomic E-state index is -0.584. The van der Waals surface area contributed by atoms with Crippen molar-refractivity contribution in [2.24, 2.45) is 19.1 Å². The summed E-state index contributed by atoms with van der Waals surface area (Å²) in [5.74, 6) is -0.374. The molecule has 0 spiro atoms. The summed E-state index contributed by atoms with van der Waals surface area (Å²) in [6.45, 7) is 0. The number of hydrogen-bond donors (Lipinski definition) is 1. The summed E-state index contributed by atoms with van der Waals surface area (Å²) in [4.78, 5) is 34.8. The van der Waals surface area contributed by atoms with Crippen LogP contribution in [0.4, 0.5) is 5.69 Å². The molecule has 0 saturated carbocycles. The molecule has 0 bridgehead atoms. The van der Waals surface area contributed by atoms with Crippen molar-refractivity contribution < 1.29 is 5.11 Å². The van der Waals surface area contributed by atoms with Gasteiger partial charge in [0.2, 0.25) is 5.88 Å². The highest BCUT2D eigenvalue weighted by atomic mass is 32.2. The number of pyridine rings is 1. The Labute approximate surface area is 165 Å². The number of fused-ring (bicyclic) bond motifs is 1. The summed E-state index contributed by atoms with van der Waals surface area (Å²) in [6.07, 6.45) is 3.91. The number of thioether (sulfide) groups is 1. The zero-order valence-corrected chi connectivity index (χ0v) is 16.2. The number of benzene rings is 1. The maximum Gasteiger partial charge on any atom is 0.333 e. The Morgan fingerprint density at radius 2 is 1.89 bits per heavy atom. The first kappa shape index (κ1) is 18.2. The third-order valence-electron chi connectivity index (χ3n) is 4.75. The second-order valence-corrected chi connectivity index (χ2v) is 7.77. The van der Waals surface area contributed by atoms with Gasteiger partial charge < -0.3 is 5.11 Å². The Morgan fingerprint density at radius 1 is 1.11 bits per heavy atom. The number of aromatic nitrogens is 3. The van der Waals surface area contributed by atoms with Gasteiger partial charge in [0.15, 0.2) is 0 Å². The maximum atomic E-state index is 12.8. The van der Waals surface area contributed by atoms with E-state index >= 15 is 0 Å². The van der Waals surface area contributed by atoms with Crippen LogP contribution in [0, 0.1) is 0 Å². The predicted octanol–water partition coefficient (Wildman–Crippen LogP) is 2.54. The molecule has 7 nitrogen and oxygen atoms in total. The van der Waals surface area contributed by atoms with E-state index in [0.29, 0.717) is 12.1 Å². The highest BCUT2D eigenvalue weighted by Gasteiger charge is 2.27. The molecule has 3 aromatic rings.